The van der Waals surface area contributed by atoms with Crippen LogP contribution in [0.1, 0.15) is 34.3 Å². The summed E-state index contributed by atoms with van der Waals surface area (Å²) in [6, 6.07) is 16.7. The van der Waals surface area contributed by atoms with E-state index in [1.54, 1.807) is 6.07 Å². The van der Waals surface area contributed by atoms with Gasteiger partial charge in [-0.15, -0.1) is 0 Å². The molecule has 2 fully saturated rings. The number of nitrogens with one attached hydrogen (secondary N) is 2. The molecule has 3 aromatic rings. The standard InChI is InChI=1S/C27H32N4O4/c1-19-16-25(33)28-24-10-9-21(17-23(19)24)27(30-12-14-35-15-13-30,31-11-5-8-22(31)18-32)29-26(34)20-6-3-2-4-7-20/h2-4,6-7,9-10,16-17,22,32H,5,8,11-15,18H2,1H3,(H,28,33)(H,29,34). The normalized spacial score (nSPS) is 21.1. The lowest BCUT2D eigenvalue weighted by Gasteiger charge is -2.53. The number of amides is 1. The van der Waals surface area contributed by atoms with Crippen molar-refractivity contribution in [3.63, 3.8) is 0 Å². The number of benzene rings is 2. The lowest BCUT2D eigenvalue weighted by molar-refractivity contribution is -0.131. The summed E-state index contributed by atoms with van der Waals surface area (Å²) in [5.41, 5.74) is 2.96. The van der Waals surface area contributed by atoms with E-state index in [1.165, 1.54) is 0 Å². The molecule has 3 N–H and O–H groups in total. The number of carbonyl (C=O) groups excluding carboxylic acids is 1. The Hall–Kier alpha value is -3.04. The molecule has 1 aromatic heterocycles. The summed E-state index contributed by atoms with van der Waals surface area (Å²) in [5, 5.41) is 14.6. The van der Waals surface area contributed by atoms with Crippen LogP contribution in [0.2, 0.25) is 0 Å². The molecule has 2 aliphatic rings. The second-order valence-corrected chi connectivity index (χ2v) is 9.34. The van der Waals surface area contributed by atoms with Gasteiger partial charge in [0.25, 0.3) is 5.91 Å². The third-order valence-electron chi connectivity index (χ3n) is 7.25. The minimum atomic E-state index is -0.989. The third kappa shape index (κ3) is 4.38. The average molecular weight is 477 g/mol. The Morgan fingerprint density at radius 1 is 1.14 bits per heavy atom. The molecule has 0 bridgehead atoms. The number of rotatable bonds is 6. The van der Waals surface area contributed by atoms with Crippen molar-refractivity contribution in [2.45, 2.75) is 31.6 Å². The molecule has 35 heavy (non-hydrogen) atoms. The molecule has 0 saturated carbocycles. The molecular weight excluding hydrogens is 444 g/mol. The Balaban J connectivity index is 1.72. The Morgan fingerprint density at radius 2 is 1.91 bits per heavy atom. The largest absolute Gasteiger partial charge is 0.395 e. The van der Waals surface area contributed by atoms with Crippen LogP contribution in [0.15, 0.2) is 59.4 Å². The molecule has 0 aliphatic carbocycles. The topological polar surface area (TPSA) is 97.9 Å². The average Bonchev–Trinajstić information content (AvgIpc) is 3.37. The Bertz CT molecular complexity index is 1260. The number of carbonyl (C=O) groups is 1. The van der Waals surface area contributed by atoms with Crippen LogP contribution in [0.25, 0.3) is 10.9 Å². The fourth-order valence-corrected chi connectivity index (χ4v) is 5.55. The summed E-state index contributed by atoms with van der Waals surface area (Å²) in [6.45, 7) is 5.04. The summed E-state index contributed by atoms with van der Waals surface area (Å²) in [5.74, 6) is -1.17. The molecule has 8 heteroatoms. The van der Waals surface area contributed by atoms with E-state index >= 15 is 0 Å². The van der Waals surface area contributed by atoms with Gasteiger partial charge in [-0.1, -0.05) is 24.3 Å². The van der Waals surface area contributed by atoms with Crippen LogP contribution < -0.4 is 10.9 Å². The molecule has 0 radical (unpaired) electrons. The number of morpholine rings is 1. The fourth-order valence-electron chi connectivity index (χ4n) is 5.55. The minimum absolute atomic E-state index is 0.00717. The molecule has 184 valence electrons. The second-order valence-electron chi connectivity index (χ2n) is 9.34. The number of aromatic nitrogens is 1. The van der Waals surface area contributed by atoms with Crippen molar-refractivity contribution in [1.29, 1.82) is 0 Å². The van der Waals surface area contributed by atoms with Crippen LogP contribution >= 0.6 is 0 Å². The van der Waals surface area contributed by atoms with Crippen LogP contribution in [-0.4, -0.2) is 71.3 Å². The summed E-state index contributed by atoms with van der Waals surface area (Å²) in [6.07, 6.45) is 1.78. The number of aromatic amines is 1. The lowest BCUT2D eigenvalue weighted by atomic mass is 9.97. The Labute approximate surface area is 204 Å². The molecule has 2 aromatic carbocycles. The first-order chi connectivity index (χ1) is 17.0. The predicted molar refractivity (Wildman–Crippen MR) is 134 cm³/mol. The van der Waals surface area contributed by atoms with E-state index in [9.17, 15) is 14.7 Å². The first kappa shape index (κ1) is 23.7. The first-order valence-electron chi connectivity index (χ1n) is 12.2. The molecule has 1 amide bonds. The van der Waals surface area contributed by atoms with E-state index in [1.807, 2.05) is 49.4 Å². The quantitative estimate of drug-likeness (QED) is 0.505. The van der Waals surface area contributed by atoms with E-state index < -0.39 is 5.79 Å². The number of likely N-dealkylation sites (tertiary alicyclic amines) is 1. The molecule has 5 rings (SSSR count). The number of ether oxygens (including phenoxy) is 1. The van der Waals surface area contributed by atoms with Gasteiger partial charge in [0.1, 0.15) is 0 Å². The molecular formula is C27H32N4O4. The van der Waals surface area contributed by atoms with Crippen molar-refractivity contribution >= 4 is 16.8 Å². The van der Waals surface area contributed by atoms with Crippen LogP contribution in [0.4, 0.5) is 0 Å². The molecule has 2 saturated heterocycles. The highest BCUT2D eigenvalue weighted by Crippen LogP contribution is 2.38. The molecule has 2 atom stereocenters. The van der Waals surface area contributed by atoms with Crippen LogP contribution in [0.3, 0.4) is 0 Å². The van der Waals surface area contributed by atoms with Gasteiger partial charge in [-0.3, -0.25) is 19.4 Å². The SMILES string of the molecule is Cc1cc(=O)[nH]c2ccc(C(NC(=O)c3ccccc3)(N3CCOCC3)N3CCCC3CO)cc12. The summed E-state index contributed by atoms with van der Waals surface area (Å²) in [7, 11) is 0. The zero-order valence-corrected chi connectivity index (χ0v) is 20.0. The van der Waals surface area contributed by atoms with Crippen LogP contribution in [0, 0.1) is 6.92 Å². The van der Waals surface area contributed by atoms with Crippen molar-refractivity contribution in [2.24, 2.45) is 0 Å². The maximum Gasteiger partial charge on any atom is 0.254 e. The number of hydrogen-bond donors (Lipinski definition) is 3. The van der Waals surface area contributed by atoms with E-state index in [-0.39, 0.29) is 24.1 Å². The van der Waals surface area contributed by atoms with E-state index in [0.717, 1.165) is 41.4 Å². The lowest BCUT2D eigenvalue weighted by Crippen LogP contribution is -2.70. The zero-order chi connectivity index (χ0) is 24.4. The van der Waals surface area contributed by atoms with Gasteiger partial charge < -0.3 is 20.1 Å². The van der Waals surface area contributed by atoms with Crippen molar-refractivity contribution in [2.75, 3.05) is 39.5 Å². The van der Waals surface area contributed by atoms with Gasteiger partial charge in [-0.25, -0.2) is 0 Å². The van der Waals surface area contributed by atoms with Crippen molar-refractivity contribution in [1.82, 2.24) is 20.1 Å². The second kappa shape index (κ2) is 9.91. The van der Waals surface area contributed by atoms with E-state index in [0.29, 0.717) is 31.9 Å². The number of pyridine rings is 1. The fraction of sp³-hybridized carbons (Fsp3) is 0.407. The maximum absolute atomic E-state index is 13.7. The maximum atomic E-state index is 13.7. The monoisotopic (exact) mass is 476 g/mol. The highest BCUT2D eigenvalue weighted by Gasteiger charge is 2.50. The first-order valence-corrected chi connectivity index (χ1v) is 12.2. The van der Waals surface area contributed by atoms with Crippen molar-refractivity contribution < 1.29 is 14.6 Å². The molecule has 3 heterocycles. The number of aliphatic hydroxyl groups is 1. The van der Waals surface area contributed by atoms with Crippen LogP contribution in [-0.2, 0) is 10.5 Å². The smallest absolute Gasteiger partial charge is 0.254 e. The Morgan fingerprint density at radius 3 is 2.66 bits per heavy atom. The van der Waals surface area contributed by atoms with Gasteiger partial charge in [0, 0.05) is 53.8 Å². The van der Waals surface area contributed by atoms with E-state index in [4.69, 9.17) is 4.74 Å². The minimum Gasteiger partial charge on any atom is -0.395 e. The number of nitrogens with zero attached hydrogens (tertiary/aromatic N) is 2. The highest BCUT2D eigenvalue weighted by molar-refractivity contribution is 5.94. The van der Waals surface area contributed by atoms with Gasteiger partial charge in [0.15, 0.2) is 5.79 Å². The van der Waals surface area contributed by atoms with Gasteiger partial charge >= 0.3 is 0 Å². The van der Waals surface area contributed by atoms with Gasteiger partial charge in [-0.2, -0.15) is 0 Å². The molecule has 2 aliphatic heterocycles. The molecule has 2 unspecified atom stereocenters. The van der Waals surface area contributed by atoms with Crippen LogP contribution in [0.5, 0.6) is 0 Å². The molecule has 0 spiro atoms. The van der Waals surface area contributed by atoms with Crippen molar-refractivity contribution in [3.05, 3.63) is 81.6 Å². The highest BCUT2D eigenvalue weighted by atomic mass is 16.5. The van der Waals surface area contributed by atoms with Gasteiger partial charge in [0.2, 0.25) is 5.56 Å². The Kier molecular flexibility index (Phi) is 6.71. The number of aliphatic hydroxyl groups excluding tert-OH is 1. The predicted octanol–water partition coefficient (Wildman–Crippen LogP) is 2.17. The number of aryl methyl sites for hydroxylation is 1. The third-order valence-corrected chi connectivity index (χ3v) is 7.25. The zero-order valence-electron chi connectivity index (χ0n) is 20.0. The number of H-pyrrole nitrogens is 1. The molecule has 8 nitrogen and oxygen atoms in total. The number of hydrogen-bond acceptors (Lipinski definition) is 6. The summed E-state index contributed by atoms with van der Waals surface area (Å²) >= 11 is 0. The summed E-state index contributed by atoms with van der Waals surface area (Å²) < 4.78 is 5.68. The van der Waals surface area contributed by atoms with E-state index in [2.05, 4.69) is 26.2 Å². The summed E-state index contributed by atoms with van der Waals surface area (Å²) in [4.78, 5) is 33.2. The number of fused-ring (bicyclic) bond motifs is 1. The van der Waals surface area contributed by atoms with Gasteiger partial charge in [-0.05, 0) is 49.6 Å². The van der Waals surface area contributed by atoms with Gasteiger partial charge in [0.05, 0.1) is 19.8 Å². The van der Waals surface area contributed by atoms with Crippen molar-refractivity contribution in [3.8, 4) is 0 Å².